The molecule has 10 heteroatoms. The van der Waals surface area contributed by atoms with E-state index < -0.39 is 0 Å². The minimum atomic E-state index is -0.382. The number of carbonyl (C=O) groups excluding carboxylic acids is 1. The number of hydrogen-bond donors (Lipinski definition) is 1. The lowest BCUT2D eigenvalue weighted by molar-refractivity contribution is 0.0297. The number of amides is 1. The molecule has 1 fully saturated rings. The summed E-state index contributed by atoms with van der Waals surface area (Å²) in [6.45, 7) is 4.86. The predicted molar refractivity (Wildman–Crippen MR) is 137 cm³/mol. The van der Waals surface area contributed by atoms with Gasteiger partial charge in [-0.2, -0.15) is 5.10 Å². The molecule has 3 aromatic heterocycles. The SMILES string of the molecule is Cc1c(CCOc2cc(F)ccc2-c2ccc3ncc(CCN)n3c2)c(C(=O)N2CCOCC2)nn1C. The van der Waals surface area contributed by atoms with Crippen LogP contribution in [0.25, 0.3) is 16.8 Å². The molecule has 1 amide bonds. The number of ether oxygens (including phenoxy) is 2. The lowest BCUT2D eigenvalue weighted by atomic mass is 10.1. The van der Waals surface area contributed by atoms with Crippen molar-refractivity contribution in [1.29, 1.82) is 0 Å². The molecule has 0 spiro atoms. The summed E-state index contributed by atoms with van der Waals surface area (Å²) in [6, 6.07) is 8.40. The molecule has 1 aliphatic heterocycles. The Hall–Kier alpha value is -3.76. The van der Waals surface area contributed by atoms with Crippen molar-refractivity contribution in [2.75, 3.05) is 39.5 Å². The van der Waals surface area contributed by atoms with Gasteiger partial charge in [-0.05, 0) is 37.7 Å². The maximum Gasteiger partial charge on any atom is 0.274 e. The van der Waals surface area contributed by atoms with Crippen molar-refractivity contribution in [3.05, 3.63) is 71.2 Å². The van der Waals surface area contributed by atoms with Crippen molar-refractivity contribution in [3.63, 3.8) is 0 Å². The second kappa shape index (κ2) is 10.7. The Morgan fingerprint density at radius 1 is 1.19 bits per heavy atom. The Balaban J connectivity index is 1.38. The zero-order valence-electron chi connectivity index (χ0n) is 21.1. The zero-order chi connectivity index (χ0) is 25.9. The second-order valence-electron chi connectivity index (χ2n) is 9.11. The Morgan fingerprint density at radius 3 is 2.78 bits per heavy atom. The van der Waals surface area contributed by atoms with Crippen LogP contribution in [0, 0.1) is 12.7 Å². The van der Waals surface area contributed by atoms with E-state index in [2.05, 4.69) is 10.1 Å². The summed E-state index contributed by atoms with van der Waals surface area (Å²) in [6.07, 6.45) is 4.95. The summed E-state index contributed by atoms with van der Waals surface area (Å²) < 4.78 is 29.5. The van der Waals surface area contributed by atoms with Gasteiger partial charge < -0.3 is 24.5 Å². The average Bonchev–Trinajstić information content (AvgIpc) is 3.44. The van der Waals surface area contributed by atoms with Crippen LogP contribution < -0.4 is 10.5 Å². The van der Waals surface area contributed by atoms with E-state index >= 15 is 0 Å². The van der Waals surface area contributed by atoms with E-state index in [0.29, 0.717) is 57.1 Å². The minimum absolute atomic E-state index is 0.102. The van der Waals surface area contributed by atoms with Crippen LogP contribution >= 0.6 is 0 Å². The monoisotopic (exact) mass is 506 g/mol. The number of nitrogens with zero attached hydrogens (tertiary/aromatic N) is 5. The smallest absolute Gasteiger partial charge is 0.274 e. The van der Waals surface area contributed by atoms with Crippen LogP contribution in [-0.2, 0) is 24.6 Å². The highest BCUT2D eigenvalue weighted by Crippen LogP contribution is 2.32. The lowest BCUT2D eigenvalue weighted by Gasteiger charge is -2.26. The van der Waals surface area contributed by atoms with Crippen molar-refractivity contribution in [1.82, 2.24) is 24.1 Å². The Labute approximate surface area is 214 Å². The molecular formula is C27H31FN6O3. The Bertz CT molecular complexity index is 1420. The molecule has 4 aromatic rings. The quantitative estimate of drug-likeness (QED) is 0.395. The fraction of sp³-hybridized carbons (Fsp3) is 0.370. The summed E-state index contributed by atoms with van der Waals surface area (Å²) in [5.41, 5.74) is 11.4. The number of imidazole rings is 1. The van der Waals surface area contributed by atoms with Gasteiger partial charge in [-0.3, -0.25) is 9.48 Å². The third-order valence-corrected chi connectivity index (χ3v) is 6.81. The molecule has 0 unspecified atom stereocenters. The van der Waals surface area contributed by atoms with E-state index in [1.54, 1.807) is 15.6 Å². The van der Waals surface area contributed by atoms with E-state index in [4.69, 9.17) is 15.2 Å². The number of carbonyl (C=O) groups is 1. The molecule has 194 valence electrons. The molecule has 0 bridgehead atoms. The normalized spacial score (nSPS) is 13.9. The van der Waals surface area contributed by atoms with Gasteiger partial charge in [-0.15, -0.1) is 0 Å². The molecule has 2 N–H and O–H groups in total. The van der Waals surface area contributed by atoms with Crippen LogP contribution in [0.3, 0.4) is 0 Å². The molecule has 4 heterocycles. The highest BCUT2D eigenvalue weighted by Gasteiger charge is 2.26. The molecule has 0 aliphatic carbocycles. The van der Waals surface area contributed by atoms with Crippen LogP contribution in [-0.4, -0.2) is 69.4 Å². The number of halogens is 1. The van der Waals surface area contributed by atoms with Crippen molar-refractivity contribution >= 4 is 11.6 Å². The molecule has 0 radical (unpaired) electrons. The largest absolute Gasteiger partial charge is 0.492 e. The highest BCUT2D eigenvalue weighted by molar-refractivity contribution is 5.94. The second-order valence-corrected chi connectivity index (χ2v) is 9.11. The number of aryl methyl sites for hydroxylation is 1. The van der Waals surface area contributed by atoms with Crippen LogP contribution in [0.4, 0.5) is 4.39 Å². The number of pyridine rings is 1. The number of nitrogens with two attached hydrogens (primary N) is 1. The number of rotatable bonds is 8. The number of fused-ring (bicyclic) bond motifs is 1. The van der Waals surface area contributed by atoms with Gasteiger partial charge in [-0.1, -0.05) is 0 Å². The summed E-state index contributed by atoms with van der Waals surface area (Å²) >= 11 is 0. The van der Waals surface area contributed by atoms with Gasteiger partial charge in [-0.25, -0.2) is 9.37 Å². The molecule has 0 atom stereocenters. The van der Waals surface area contributed by atoms with Crippen molar-refractivity contribution in [2.24, 2.45) is 12.8 Å². The van der Waals surface area contributed by atoms with E-state index in [9.17, 15) is 9.18 Å². The third kappa shape index (κ3) is 5.07. The first kappa shape index (κ1) is 24.9. The van der Waals surface area contributed by atoms with Gasteiger partial charge in [0.05, 0.1) is 19.8 Å². The first-order valence-electron chi connectivity index (χ1n) is 12.4. The molecule has 5 rings (SSSR count). The number of morpholine rings is 1. The number of hydrogen-bond acceptors (Lipinski definition) is 6. The fourth-order valence-electron chi connectivity index (χ4n) is 4.68. The zero-order valence-corrected chi connectivity index (χ0v) is 21.1. The van der Waals surface area contributed by atoms with Crippen molar-refractivity contribution < 1.29 is 18.7 Å². The van der Waals surface area contributed by atoms with Gasteiger partial charge in [0.25, 0.3) is 5.91 Å². The summed E-state index contributed by atoms with van der Waals surface area (Å²) in [5.74, 6) is -0.0511. The lowest BCUT2D eigenvalue weighted by Crippen LogP contribution is -2.41. The molecule has 37 heavy (non-hydrogen) atoms. The van der Waals surface area contributed by atoms with Crippen molar-refractivity contribution in [3.8, 4) is 16.9 Å². The molecule has 1 aliphatic rings. The average molecular weight is 507 g/mol. The fourth-order valence-corrected chi connectivity index (χ4v) is 4.68. The third-order valence-electron chi connectivity index (χ3n) is 6.81. The number of aromatic nitrogens is 4. The van der Waals surface area contributed by atoms with E-state index in [0.717, 1.165) is 33.7 Å². The Morgan fingerprint density at radius 2 is 2.00 bits per heavy atom. The maximum absolute atomic E-state index is 14.2. The van der Waals surface area contributed by atoms with E-state index in [1.807, 2.05) is 42.9 Å². The van der Waals surface area contributed by atoms with E-state index in [1.165, 1.54) is 12.1 Å². The molecule has 1 saturated heterocycles. The molecule has 1 aromatic carbocycles. The van der Waals surface area contributed by atoms with Crippen molar-refractivity contribution in [2.45, 2.75) is 19.8 Å². The Kier molecular flexibility index (Phi) is 7.20. The van der Waals surface area contributed by atoms with Gasteiger partial charge in [0.2, 0.25) is 0 Å². The van der Waals surface area contributed by atoms with Gasteiger partial charge in [0, 0.05) is 79.5 Å². The molecular weight excluding hydrogens is 475 g/mol. The predicted octanol–water partition coefficient (Wildman–Crippen LogP) is 2.78. The maximum atomic E-state index is 14.2. The van der Waals surface area contributed by atoms with E-state index in [-0.39, 0.29) is 18.3 Å². The standard InChI is InChI=1S/C27H31FN6O3/c1-18-22(26(31-32(18)2)27(35)33-10-13-36-14-11-33)8-12-37-24-15-20(28)4-5-23(24)19-3-6-25-30-16-21(7-9-29)34(25)17-19/h3-6,15-17H,7-14,29H2,1-2H3. The first-order valence-corrected chi connectivity index (χ1v) is 12.4. The van der Waals surface area contributed by atoms with Crippen LogP contribution in [0.15, 0.2) is 42.7 Å². The number of benzene rings is 1. The topological polar surface area (TPSA) is 99.9 Å². The highest BCUT2D eigenvalue weighted by atomic mass is 19.1. The van der Waals surface area contributed by atoms with Gasteiger partial charge in [0.1, 0.15) is 17.2 Å². The summed E-state index contributed by atoms with van der Waals surface area (Å²) in [4.78, 5) is 19.3. The first-order chi connectivity index (χ1) is 18.0. The molecule has 9 nitrogen and oxygen atoms in total. The summed E-state index contributed by atoms with van der Waals surface area (Å²) in [5, 5.41) is 4.49. The van der Waals surface area contributed by atoms with Gasteiger partial charge in [0.15, 0.2) is 5.69 Å². The summed E-state index contributed by atoms with van der Waals surface area (Å²) in [7, 11) is 1.83. The van der Waals surface area contributed by atoms with Crippen LogP contribution in [0.2, 0.25) is 0 Å². The van der Waals surface area contributed by atoms with Crippen LogP contribution in [0.1, 0.15) is 27.4 Å². The minimum Gasteiger partial charge on any atom is -0.492 e. The molecule has 0 saturated carbocycles. The van der Waals surface area contributed by atoms with Gasteiger partial charge >= 0.3 is 0 Å². The van der Waals surface area contributed by atoms with Crippen LogP contribution in [0.5, 0.6) is 5.75 Å².